The summed E-state index contributed by atoms with van der Waals surface area (Å²) in [6.07, 6.45) is 3.63. The Labute approximate surface area is 442 Å². The minimum atomic E-state index is -0.745. The molecule has 4 unspecified atom stereocenters. The van der Waals surface area contributed by atoms with Crippen LogP contribution in [0.4, 0.5) is 0 Å². The van der Waals surface area contributed by atoms with Gasteiger partial charge in [0, 0.05) is 84.7 Å². The number of hydrogen-bond donors (Lipinski definition) is 2. The van der Waals surface area contributed by atoms with Gasteiger partial charge in [0.1, 0.15) is 29.5 Å². The van der Waals surface area contributed by atoms with Crippen LogP contribution in [0.15, 0.2) is 59.0 Å². The number of carbonyl (C=O) groups is 4. The number of benzene rings is 2. The molecule has 2 aromatic carbocycles. The molecule has 5 aromatic rings. The maximum Gasteiger partial charge on any atom is 0.246 e. The summed E-state index contributed by atoms with van der Waals surface area (Å²) >= 11 is 9.42. The maximum absolute atomic E-state index is 14.1. The Hall–Kier alpha value is -5.33. The summed E-state index contributed by atoms with van der Waals surface area (Å²) in [5.74, 6) is 1.43. The van der Waals surface area contributed by atoms with Crippen LogP contribution in [0, 0.1) is 38.5 Å². The largest absolute Gasteiger partial charge is 0.348 e. The number of rotatable bonds is 10. The van der Waals surface area contributed by atoms with E-state index in [1.165, 1.54) is 16.0 Å². The van der Waals surface area contributed by atoms with Gasteiger partial charge in [0.2, 0.25) is 23.6 Å². The summed E-state index contributed by atoms with van der Waals surface area (Å²) in [5, 5.41) is 16.6. The van der Waals surface area contributed by atoms with Crippen LogP contribution in [0.5, 0.6) is 0 Å². The van der Waals surface area contributed by atoms with Crippen molar-refractivity contribution in [3.8, 4) is 15.4 Å². The fourth-order valence-electron chi connectivity index (χ4n) is 11.5. The molecule has 4 amide bonds. The third-order valence-corrected chi connectivity index (χ3v) is 18.1. The molecule has 0 radical (unpaired) electrons. The van der Waals surface area contributed by atoms with E-state index in [-0.39, 0.29) is 36.2 Å². The van der Waals surface area contributed by atoms with Crippen molar-refractivity contribution >= 4 is 63.6 Å². The van der Waals surface area contributed by atoms with Crippen LogP contribution < -0.4 is 10.6 Å². The third kappa shape index (κ3) is 10.9. The van der Waals surface area contributed by atoms with Crippen LogP contribution in [-0.2, 0) is 25.7 Å². The third-order valence-electron chi connectivity index (χ3n) is 15.7. The molecule has 4 atom stereocenters. The number of aromatic nitrogens is 4. The van der Waals surface area contributed by atoms with E-state index in [4.69, 9.17) is 16.6 Å². The molecule has 10 rings (SSSR count). The average molecular weight is 1050 g/mol. The Kier molecular flexibility index (Phi) is 15.2. The number of nitrogens with zero attached hydrogens (tertiary/aromatic N) is 9. The topological polar surface area (TPSA) is 161 Å². The predicted molar refractivity (Wildman–Crippen MR) is 290 cm³/mol. The molecule has 0 bridgehead atoms. The second-order valence-corrected chi connectivity index (χ2v) is 24.6. The number of nitrogens with one attached hydrogen (secondary N) is 2. The van der Waals surface area contributed by atoms with E-state index in [9.17, 15) is 19.2 Å². The molecule has 4 aliphatic heterocycles. The number of amides is 4. The van der Waals surface area contributed by atoms with Crippen LogP contribution in [0.2, 0.25) is 5.02 Å². The maximum atomic E-state index is 14.1. The fourth-order valence-corrected chi connectivity index (χ4v) is 13.6. The summed E-state index contributed by atoms with van der Waals surface area (Å²) in [6, 6.07) is 15.4. The Morgan fingerprint density at radius 3 is 2.26 bits per heavy atom. The van der Waals surface area contributed by atoms with Crippen LogP contribution in [0.1, 0.15) is 118 Å². The van der Waals surface area contributed by atoms with Gasteiger partial charge in [-0.2, -0.15) is 0 Å². The molecule has 1 spiro atoms. The molecule has 3 aromatic heterocycles. The van der Waals surface area contributed by atoms with E-state index < -0.39 is 17.5 Å². The zero-order valence-electron chi connectivity index (χ0n) is 43.9. The summed E-state index contributed by atoms with van der Waals surface area (Å²) in [5.41, 5.74) is 9.25. The standard InChI is InChI=1S/C38H55N7O4S.C17H15ClN4S/c1-24-19-42(15-16-44(24)30-17-38(18-30)21-43(22-38)27(4)46)20-32(47)41-34(37(5,6)7)36(49)45-14-8-9-31(45)35(48)40-25(2)28-10-12-29(13-11-28)33-26(3)39-23-50-33;1-9-10(2)23-17-15(9)16(12-4-6-13(18)7-5-12)19-8-14-21-20-11(3)22(14)17/h10-13,23-25,30-31,34H,8-9,14-22H2,1-7H3,(H,40,48)(H,41,47);4-7H,8H2,1-3H3. The number of piperazine rings is 1. The molecule has 2 N–H and O–H groups in total. The summed E-state index contributed by atoms with van der Waals surface area (Å²) in [7, 11) is 0. The summed E-state index contributed by atoms with van der Waals surface area (Å²) in [4.78, 5) is 72.8. The molecular formula is C55H70ClN11O4S2. The number of carbonyl (C=O) groups excluding carboxylic acids is 4. The van der Waals surface area contributed by atoms with E-state index in [1.54, 1.807) is 34.5 Å². The van der Waals surface area contributed by atoms with Gasteiger partial charge < -0.3 is 20.4 Å². The lowest BCUT2D eigenvalue weighted by Gasteiger charge is -2.62. The van der Waals surface area contributed by atoms with Gasteiger partial charge in [-0.3, -0.25) is 38.5 Å². The Morgan fingerprint density at radius 1 is 0.918 bits per heavy atom. The van der Waals surface area contributed by atoms with Crippen molar-refractivity contribution in [2.24, 2.45) is 15.8 Å². The highest BCUT2D eigenvalue weighted by Gasteiger charge is 2.55. The first-order valence-electron chi connectivity index (χ1n) is 25.7. The van der Waals surface area contributed by atoms with Crippen LogP contribution in [-0.4, -0.2) is 139 Å². The lowest BCUT2D eigenvalue weighted by Crippen LogP contribution is -2.69. The Bertz CT molecular complexity index is 2890. The van der Waals surface area contributed by atoms with Gasteiger partial charge in [0.05, 0.1) is 34.4 Å². The van der Waals surface area contributed by atoms with E-state index in [0.29, 0.717) is 37.0 Å². The van der Waals surface area contributed by atoms with Crippen molar-refractivity contribution in [3.63, 3.8) is 0 Å². The number of halogens is 1. The highest BCUT2D eigenvalue weighted by Crippen LogP contribution is 2.51. The fraction of sp³-hybridized carbons (Fsp3) is 0.527. The SMILES string of the molecule is CC(=O)N1CC2(CC(N3CCN(CC(=O)NC(C(=O)N4CCCC4C(=O)NC(C)c4ccc(-c5scnc5C)cc4)C(C)(C)C)CC3C)C2)C1.Cc1sc2c(c1C)C(c1ccc(Cl)cc1)=NCc1nnc(C)n1-2. The zero-order valence-corrected chi connectivity index (χ0v) is 46.3. The Balaban J connectivity index is 0.000000236. The van der Waals surface area contributed by atoms with Gasteiger partial charge in [-0.05, 0) is 101 Å². The quantitative estimate of drug-likeness (QED) is 0.141. The molecule has 388 valence electrons. The highest BCUT2D eigenvalue weighted by atomic mass is 35.5. The molecule has 15 nitrogen and oxygen atoms in total. The lowest BCUT2D eigenvalue weighted by molar-refractivity contribution is -0.158. The summed E-state index contributed by atoms with van der Waals surface area (Å²) < 4.78 is 2.13. The van der Waals surface area contributed by atoms with Crippen molar-refractivity contribution in [1.29, 1.82) is 0 Å². The van der Waals surface area contributed by atoms with Crippen molar-refractivity contribution in [2.75, 3.05) is 45.8 Å². The van der Waals surface area contributed by atoms with Gasteiger partial charge in [-0.15, -0.1) is 32.9 Å². The van der Waals surface area contributed by atoms with E-state index in [0.717, 1.165) is 107 Å². The second kappa shape index (κ2) is 21.1. The Morgan fingerprint density at radius 2 is 1.62 bits per heavy atom. The number of likely N-dealkylation sites (tertiary alicyclic amines) is 2. The molecule has 1 aliphatic carbocycles. The molecular weight excluding hydrogens is 978 g/mol. The van der Waals surface area contributed by atoms with Gasteiger partial charge in [-0.1, -0.05) is 68.8 Å². The first kappa shape index (κ1) is 52.5. The normalized spacial score (nSPS) is 20.6. The van der Waals surface area contributed by atoms with Gasteiger partial charge in [0.25, 0.3) is 0 Å². The number of hydrogen-bond acceptors (Lipinski definition) is 12. The van der Waals surface area contributed by atoms with Crippen molar-refractivity contribution in [2.45, 2.75) is 132 Å². The molecule has 3 saturated heterocycles. The van der Waals surface area contributed by atoms with Crippen molar-refractivity contribution < 1.29 is 19.2 Å². The number of aryl methyl sites for hydroxylation is 3. The molecule has 1 saturated carbocycles. The smallest absolute Gasteiger partial charge is 0.246 e. The zero-order chi connectivity index (χ0) is 52.1. The molecule has 18 heteroatoms. The average Bonchev–Trinajstić information content (AvgIpc) is 4.11. The number of aliphatic imine (C=N–C) groups is 1. The van der Waals surface area contributed by atoms with Crippen LogP contribution in [0.3, 0.4) is 0 Å². The van der Waals surface area contributed by atoms with Crippen LogP contribution in [0.25, 0.3) is 15.4 Å². The van der Waals surface area contributed by atoms with Crippen molar-refractivity contribution in [1.82, 2.24) is 50.0 Å². The van der Waals surface area contributed by atoms with E-state index >= 15 is 0 Å². The molecule has 4 fully saturated rings. The molecule has 7 heterocycles. The second-order valence-electron chi connectivity index (χ2n) is 22.1. The predicted octanol–water partition coefficient (Wildman–Crippen LogP) is 8.09. The number of thiophene rings is 1. The first-order chi connectivity index (χ1) is 34.7. The van der Waals surface area contributed by atoms with E-state index in [1.807, 2.05) is 88.4 Å². The van der Waals surface area contributed by atoms with Crippen LogP contribution >= 0.6 is 34.3 Å². The monoisotopic (exact) mass is 1050 g/mol. The minimum Gasteiger partial charge on any atom is -0.348 e. The van der Waals surface area contributed by atoms with Gasteiger partial charge >= 0.3 is 0 Å². The van der Waals surface area contributed by atoms with Crippen molar-refractivity contribution in [3.05, 3.63) is 104 Å². The molecule has 73 heavy (non-hydrogen) atoms. The molecule has 5 aliphatic rings. The number of thiazole rings is 1. The van der Waals surface area contributed by atoms with Gasteiger partial charge in [-0.25, -0.2) is 4.98 Å². The highest BCUT2D eigenvalue weighted by molar-refractivity contribution is 7.15. The lowest BCUT2D eigenvalue weighted by atomic mass is 9.60. The summed E-state index contributed by atoms with van der Waals surface area (Å²) in [6.45, 7) is 25.6. The number of fused-ring (bicyclic) bond motifs is 3. The minimum absolute atomic E-state index is 0.161. The first-order valence-corrected chi connectivity index (χ1v) is 27.7. The van der Waals surface area contributed by atoms with E-state index in [2.05, 4.69) is 73.1 Å². The van der Waals surface area contributed by atoms with Gasteiger partial charge in [0.15, 0.2) is 5.82 Å².